The van der Waals surface area contributed by atoms with Gasteiger partial charge in [-0.1, -0.05) is 30.0 Å². The molecule has 128 valence electrons. The number of thioether (sulfide) groups is 1. The lowest BCUT2D eigenvalue weighted by Gasteiger charge is -2.15. The Bertz CT molecular complexity index is 854. The van der Waals surface area contributed by atoms with Crippen molar-refractivity contribution >= 4 is 33.9 Å². The molecule has 0 bridgehead atoms. The van der Waals surface area contributed by atoms with Gasteiger partial charge in [0.2, 0.25) is 0 Å². The maximum Gasteiger partial charge on any atom is 0.255 e. The van der Waals surface area contributed by atoms with Crippen LogP contribution in [0, 0.1) is 0 Å². The second-order valence-corrected chi connectivity index (χ2v) is 6.99. The van der Waals surface area contributed by atoms with E-state index in [1.54, 1.807) is 43.1 Å². The molecule has 5 heteroatoms. The van der Waals surface area contributed by atoms with Crippen molar-refractivity contribution in [3.8, 4) is 5.75 Å². The molecule has 0 saturated heterocycles. The summed E-state index contributed by atoms with van der Waals surface area (Å²) in [6, 6.07) is 12.7. The summed E-state index contributed by atoms with van der Waals surface area (Å²) in [7, 11) is 1.59. The zero-order valence-corrected chi connectivity index (χ0v) is 15.0. The fourth-order valence-corrected chi connectivity index (χ4v) is 3.47. The van der Waals surface area contributed by atoms with Crippen LogP contribution in [0.15, 0.2) is 59.5 Å². The summed E-state index contributed by atoms with van der Waals surface area (Å²) in [6.07, 6.45) is 5.29. The quantitative estimate of drug-likeness (QED) is 0.767. The van der Waals surface area contributed by atoms with Gasteiger partial charge >= 0.3 is 0 Å². The van der Waals surface area contributed by atoms with Gasteiger partial charge in [0.1, 0.15) is 5.75 Å². The molecule has 3 N–H and O–H groups in total. The summed E-state index contributed by atoms with van der Waals surface area (Å²) in [6.45, 7) is 2.10. The van der Waals surface area contributed by atoms with E-state index in [2.05, 4.69) is 24.4 Å². The molecule has 0 fully saturated rings. The van der Waals surface area contributed by atoms with Crippen LogP contribution in [0.25, 0.3) is 4.91 Å². The van der Waals surface area contributed by atoms with Gasteiger partial charge in [-0.2, -0.15) is 0 Å². The second kappa shape index (κ2) is 7.49. The van der Waals surface area contributed by atoms with Crippen LogP contribution in [0.1, 0.15) is 29.3 Å². The summed E-state index contributed by atoms with van der Waals surface area (Å²) >= 11 is 1.73. The van der Waals surface area contributed by atoms with Crippen LogP contribution in [0.4, 0.5) is 11.4 Å². The molecular weight excluding hydrogens is 332 g/mol. The number of benzene rings is 2. The SMILES string of the molecule is COc1ccc(C(=O)Nc2cc(C3=CCC=C(C)S3)ccc2N)cc1. The van der Waals surface area contributed by atoms with Crippen LogP contribution < -0.4 is 15.8 Å². The van der Waals surface area contributed by atoms with E-state index in [1.165, 1.54) is 9.81 Å². The van der Waals surface area contributed by atoms with Crippen molar-refractivity contribution in [3.05, 3.63) is 70.6 Å². The number of carbonyl (C=O) groups is 1. The van der Waals surface area contributed by atoms with Gasteiger partial charge in [0.05, 0.1) is 18.5 Å². The summed E-state index contributed by atoms with van der Waals surface area (Å²) in [5.41, 5.74) is 8.81. The number of ether oxygens (including phenoxy) is 1. The molecule has 0 atom stereocenters. The summed E-state index contributed by atoms with van der Waals surface area (Å²) in [4.78, 5) is 14.9. The molecular formula is C20H20N2O2S. The van der Waals surface area contributed by atoms with Crippen molar-refractivity contribution in [3.63, 3.8) is 0 Å². The van der Waals surface area contributed by atoms with Gasteiger partial charge in [0.25, 0.3) is 5.91 Å². The van der Waals surface area contributed by atoms with Crippen LogP contribution in [0.5, 0.6) is 5.75 Å². The number of methoxy groups -OCH3 is 1. The highest BCUT2D eigenvalue weighted by Crippen LogP contribution is 2.38. The van der Waals surface area contributed by atoms with E-state index in [-0.39, 0.29) is 5.91 Å². The minimum absolute atomic E-state index is 0.201. The summed E-state index contributed by atoms with van der Waals surface area (Å²) < 4.78 is 5.11. The van der Waals surface area contributed by atoms with Gasteiger partial charge in [-0.3, -0.25) is 4.79 Å². The highest BCUT2D eigenvalue weighted by atomic mass is 32.2. The van der Waals surface area contributed by atoms with Gasteiger partial charge in [-0.15, -0.1) is 0 Å². The van der Waals surface area contributed by atoms with Crippen molar-refractivity contribution in [2.24, 2.45) is 0 Å². The van der Waals surface area contributed by atoms with Gasteiger partial charge in [0.15, 0.2) is 0 Å². The number of carbonyl (C=O) groups excluding carboxylic acids is 1. The largest absolute Gasteiger partial charge is 0.497 e. The third-order valence-corrected chi connectivity index (χ3v) is 5.03. The van der Waals surface area contributed by atoms with Gasteiger partial charge < -0.3 is 15.8 Å². The number of amides is 1. The van der Waals surface area contributed by atoms with E-state index in [0.29, 0.717) is 22.7 Å². The Morgan fingerprint density at radius 1 is 1.16 bits per heavy atom. The molecule has 0 spiro atoms. The van der Waals surface area contributed by atoms with Crippen molar-refractivity contribution in [2.75, 3.05) is 18.2 Å². The molecule has 0 aliphatic carbocycles. The van der Waals surface area contributed by atoms with Crippen molar-refractivity contribution < 1.29 is 9.53 Å². The number of nitrogen functional groups attached to an aromatic ring is 1. The van der Waals surface area contributed by atoms with Crippen LogP contribution in [0.3, 0.4) is 0 Å². The van der Waals surface area contributed by atoms with E-state index >= 15 is 0 Å². The van der Waals surface area contributed by atoms with E-state index in [4.69, 9.17) is 10.5 Å². The Morgan fingerprint density at radius 2 is 1.92 bits per heavy atom. The first kappa shape index (κ1) is 17.2. The Balaban J connectivity index is 1.80. The standard InChI is InChI=1S/C20H20N2O2S/c1-13-4-3-5-19(25-13)15-8-11-17(21)18(12-15)22-20(23)14-6-9-16(24-2)10-7-14/h4-12H,3,21H2,1-2H3,(H,22,23). The summed E-state index contributed by atoms with van der Waals surface area (Å²) in [5, 5.41) is 2.90. The predicted octanol–water partition coefficient (Wildman–Crippen LogP) is 4.91. The molecule has 1 aliphatic heterocycles. The molecule has 25 heavy (non-hydrogen) atoms. The van der Waals surface area contributed by atoms with E-state index in [0.717, 1.165) is 12.0 Å². The van der Waals surface area contributed by atoms with Crippen molar-refractivity contribution in [1.82, 2.24) is 0 Å². The molecule has 0 radical (unpaired) electrons. The molecule has 0 saturated carbocycles. The normalized spacial score (nSPS) is 13.7. The molecule has 4 nitrogen and oxygen atoms in total. The van der Waals surface area contributed by atoms with Gasteiger partial charge in [0, 0.05) is 10.5 Å². The Hall–Kier alpha value is -2.66. The lowest BCUT2D eigenvalue weighted by Crippen LogP contribution is -2.13. The second-order valence-electron chi connectivity index (χ2n) is 5.71. The first-order valence-corrected chi connectivity index (χ1v) is 8.78. The molecule has 0 unspecified atom stereocenters. The highest BCUT2D eigenvalue weighted by molar-refractivity contribution is 8.11. The molecule has 2 aromatic carbocycles. The number of anilines is 2. The van der Waals surface area contributed by atoms with Gasteiger partial charge in [-0.05, 0) is 60.2 Å². The number of nitrogens with two attached hydrogens (primary N) is 1. The average molecular weight is 352 g/mol. The monoisotopic (exact) mass is 352 g/mol. The first-order valence-electron chi connectivity index (χ1n) is 7.97. The Labute approximate surface area is 151 Å². The van der Waals surface area contributed by atoms with Crippen molar-refractivity contribution in [1.29, 1.82) is 0 Å². The third-order valence-electron chi connectivity index (χ3n) is 3.92. The fourth-order valence-electron chi connectivity index (χ4n) is 2.52. The van der Waals surface area contributed by atoms with Crippen LogP contribution in [-0.2, 0) is 0 Å². The number of nitrogens with one attached hydrogen (secondary N) is 1. The molecule has 3 rings (SSSR count). The predicted molar refractivity (Wildman–Crippen MR) is 106 cm³/mol. The van der Waals surface area contributed by atoms with Crippen LogP contribution in [-0.4, -0.2) is 13.0 Å². The molecule has 1 heterocycles. The van der Waals surface area contributed by atoms with Gasteiger partial charge in [-0.25, -0.2) is 0 Å². The smallest absolute Gasteiger partial charge is 0.255 e. The zero-order valence-electron chi connectivity index (χ0n) is 14.2. The number of rotatable bonds is 4. The van der Waals surface area contributed by atoms with E-state index < -0.39 is 0 Å². The fraction of sp³-hybridized carbons (Fsp3) is 0.150. The zero-order chi connectivity index (χ0) is 17.8. The lowest BCUT2D eigenvalue weighted by molar-refractivity contribution is 0.102. The van der Waals surface area contributed by atoms with E-state index in [9.17, 15) is 4.79 Å². The first-order chi connectivity index (χ1) is 12.1. The van der Waals surface area contributed by atoms with Crippen molar-refractivity contribution in [2.45, 2.75) is 13.3 Å². The Kier molecular flexibility index (Phi) is 5.14. The molecule has 0 aromatic heterocycles. The highest BCUT2D eigenvalue weighted by Gasteiger charge is 2.12. The third kappa shape index (κ3) is 4.06. The average Bonchev–Trinajstić information content (AvgIpc) is 2.63. The number of hydrogen-bond acceptors (Lipinski definition) is 4. The maximum absolute atomic E-state index is 12.5. The maximum atomic E-state index is 12.5. The Morgan fingerprint density at radius 3 is 2.60 bits per heavy atom. The van der Waals surface area contributed by atoms with E-state index in [1.807, 2.05) is 18.2 Å². The van der Waals surface area contributed by atoms with Crippen LogP contribution in [0.2, 0.25) is 0 Å². The summed E-state index contributed by atoms with van der Waals surface area (Å²) in [5.74, 6) is 0.510. The topological polar surface area (TPSA) is 64.3 Å². The lowest BCUT2D eigenvalue weighted by atomic mass is 10.1. The molecule has 2 aromatic rings. The number of allylic oxidation sites excluding steroid dienone is 3. The minimum atomic E-state index is -0.201. The van der Waals surface area contributed by atoms with Crippen LogP contribution >= 0.6 is 11.8 Å². The number of hydrogen-bond donors (Lipinski definition) is 2. The molecule has 1 amide bonds. The molecule has 1 aliphatic rings. The minimum Gasteiger partial charge on any atom is -0.497 e.